The van der Waals surface area contributed by atoms with Gasteiger partial charge in [-0.3, -0.25) is 15.0 Å². The molecule has 0 atom stereocenters. The highest BCUT2D eigenvalue weighted by Crippen LogP contribution is 2.27. The highest BCUT2D eigenvalue weighted by Gasteiger charge is 2.17. The van der Waals surface area contributed by atoms with E-state index in [-0.39, 0.29) is 10.3 Å². The number of aromatic amines is 1. The molecule has 23 heavy (non-hydrogen) atoms. The quantitative estimate of drug-likeness (QED) is 0.711. The van der Waals surface area contributed by atoms with Crippen LogP contribution < -0.4 is 11.0 Å². The van der Waals surface area contributed by atoms with Gasteiger partial charge >= 0.3 is 0 Å². The molecule has 0 aliphatic carbocycles. The Balaban J connectivity index is 2.15. The predicted molar refractivity (Wildman–Crippen MR) is 92.5 cm³/mol. The summed E-state index contributed by atoms with van der Waals surface area (Å²) in [4.78, 5) is 29.9. The number of rotatable bonds is 3. The van der Waals surface area contributed by atoms with Gasteiger partial charge in [-0.15, -0.1) is 11.3 Å². The van der Waals surface area contributed by atoms with Crippen molar-refractivity contribution < 1.29 is 9.21 Å². The molecule has 1 amide bonds. The van der Waals surface area contributed by atoms with Gasteiger partial charge in [0, 0.05) is 4.88 Å². The van der Waals surface area contributed by atoms with E-state index in [1.54, 1.807) is 13.0 Å². The number of hydrogen-bond acceptors (Lipinski definition) is 5. The number of thiophene rings is 1. The molecule has 0 aliphatic rings. The van der Waals surface area contributed by atoms with Crippen molar-refractivity contribution in [1.29, 1.82) is 0 Å². The fraction of sp³-hybridized carbons (Fsp3) is 0.267. The summed E-state index contributed by atoms with van der Waals surface area (Å²) in [5.74, 6) is 0.0364. The minimum atomic E-state index is -0.442. The van der Waals surface area contributed by atoms with Crippen molar-refractivity contribution in [3.8, 4) is 0 Å². The smallest absolute Gasteiger partial charge is 0.282 e. The highest BCUT2D eigenvalue weighted by atomic mass is 32.1. The van der Waals surface area contributed by atoms with E-state index in [2.05, 4.69) is 10.4 Å². The minimum absolute atomic E-state index is 0.154. The van der Waals surface area contributed by atoms with Crippen LogP contribution in [0.15, 0.2) is 21.5 Å². The number of carbonyl (C=O) groups is 1. The zero-order valence-corrected chi connectivity index (χ0v) is 14.5. The Morgan fingerprint density at radius 1 is 1.48 bits per heavy atom. The molecule has 0 bridgehead atoms. The Hall–Kier alpha value is -2.19. The van der Waals surface area contributed by atoms with Crippen LogP contribution in [0.3, 0.4) is 0 Å². The number of fused-ring (bicyclic) bond motifs is 1. The van der Waals surface area contributed by atoms with Crippen LogP contribution in [-0.4, -0.2) is 15.6 Å². The number of nitrogens with zero attached hydrogens (tertiary/aromatic N) is 1. The number of carbonyl (C=O) groups excluding carboxylic acids is 1. The molecule has 0 aromatic carbocycles. The lowest BCUT2D eigenvalue weighted by Crippen LogP contribution is -2.34. The molecule has 0 unspecified atom stereocenters. The second-order valence-corrected chi connectivity index (χ2v) is 6.71. The normalized spacial score (nSPS) is 11.1. The van der Waals surface area contributed by atoms with Crippen molar-refractivity contribution in [3.63, 3.8) is 0 Å². The van der Waals surface area contributed by atoms with Crippen molar-refractivity contribution in [2.24, 2.45) is 0 Å². The Morgan fingerprint density at radius 2 is 2.22 bits per heavy atom. The summed E-state index contributed by atoms with van der Waals surface area (Å²) in [6.07, 6.45) is 2.16. The second kappa shape index (κ2) is 5.78. The van der Waals surface area contributed by atoms with E-state index in [4.69, 9.17) is 16.6 Å². The molecule has 0 fully saturated rings. The van der Waals surface area contributed by atoms with Gasteiger partial charge in [-0.25, -0.2) is 0 Å². The van der Waals surface area contributed by atoms with Gasteiger partial charge < -0.3 is 9.40 Å². The number of aromatic nitrogens is 2. The van der Waals surface area contributed by atoms with E-state index >= 15 is 0 Å². The van der Waals surface area contributed by atoms with E-state index in [1.807, 2.05) is 13.8 Å². The summed E-state index contributed by atoms with van der Waals surface area (Å²) in [5, 5.41) is 0.577. The van der Waals surface area contributed by atoms with Gasteiger partial charge in [0.25, 0.3) is 11.5 Å². The standard InChI is InChI=1S/C15H15N3O3S2/c1-4-9-8(3)23-13-11(9)14(20)18(15(22)16-13)17-12(19)10-5-6-21-7(10)2/h5-6H,4H2,1-3H3,(H,16,22)(H,17,19). The molecule has 8 heteroatoms. The van der Waals surface area contributed by atoms with E-state index in [1.165, 1.54) is 17.6 Å². The lowest BCUT2D eigenvalue weighted by Gasteiger charge is -2.08. The van der Waals surface area contributed by atoms with Crippen LogP contribution in [0.1, 0.15) is 33.5 Å². The monoisotopic (exact) mass is 349 g/mol. The van der Waals surface area contributed by atoms with Gasteiger partial charge in [-0.05, 0) is 44.1 Å². The molecule has 3 rings (SSSR count). The SMILES string of the molecule is CCc1c(C)sc2[nH]c(=S)n(NC(=O)c3ccoc3C)c(=O)c12. The number of hydrogen-bond donors (Lipinski definition) is 2. The molecule has 0 saturated heterocycles. The topological polar surface area (TPSA) is 80.0 Å². The van der Waals surface area contributed by atoms with Gasteiger partial charge in [0.05, 0.1) is 17.2 Å². The third kappa shape index (κ3) is 2.53. The maximum absolute atomic E-state index is 12.8. The Morgan fingerprint density at radius 3 is 2.83 bits per heavy atom. The maximum atomic E-state index is 12.8. The number of furan rings is 1. The van der Waals surface area contributed by atoms with Gasteiger partial charge in [0.2, 0.25) is 4.77 Å². The van der Waals surface area contributed by atoms with E-state index in [0.29, 0.717) is 16.7 Å². The van der Waals surface area contributed by atoms with E-state index in [9.17, 15) is 9.59 Å². The van der Waals surface area contributed by atoms with Crippen molar-refractivity contribution in [1.82, 2.24) is 9.66 Å². The second-order valence-electron chi connectivity index (χ2n) is 5.10. The number of nitrogens with one attached hydrogen (secondary N) is 2. The fourth-order valence-electron chi connectivity index (χ4n) is 2.56. The van der Waals surface area contributed by atoms with Crippen LogP contribution in [0, 0.1) is 18.6 Å². The summed E-state index contributed by atoms with van der Waals surface area (Å²) < 4.78 is 6.35. The predicted octanol–water partition coefficient (Wildman–Crippen LogP) is 3.28. The van der Waals surface area contributed by atoms with Crippen molar-refractivity contribution in [2.45, 2.75) is 27.2 Å². The molecule has 0 radical (unpaired) electrons. The van der Waals surface area contributed by atoms with E-state index < -0.39 is 5.91 Å². The summed E-state index contributed by atoms with van der Waals surface area (Å²) in [6.45, 7) is 5.64. The van der Waals surface area contributed by atoms with Gasteiger partial charge in [0.15, 0.2) is 0 Å². The van der Waals surface area contributed by atoms with Crippen LogP contribution in [0.5, 0.6) is 0 Å². The van der Waals surface area contributed by atoms with Crippen LogP contribution in [0.4, 0.5) is 0 Å². The first kappa shape index (κ1) is 15.7. The van der Waals surface area contributed by atoms with Crippen LogP contribution in [0.2, 0.25) is 0 Å². The third-order valence-electron chi connectivity index (χ3n) is 3.72. The average molecular weight is 349 g/mol. The lowest BCUT2D eigenvalue weighted by molar-refractivity contribution is 0.100. The average Bonchev–Trinajstić information content (AvgIpc) is 3.06. The van der Waals surface area contributed by atoms with Gasteiger partial charge in [0.1, 0.15) is 10.6 Å². The summed E-state index contributed by atoms with van der Waals surface area (Å²) >= 11 is 6.71. The molecule has 3 aromatic rings. The largest absolute Gasteiger partial charge is 0.469 e. The summed E-state index contributed by atoms with van der Waals surface area (Å²) in [5.41, 5.74) is 3.57. The molecule has 0 saturated carbocycles. The molecule has 2 N–H and O–H groups in total. The Bertz CT molecular complexity index is 1020. The number of aryl methyl sites for hydroxylation is 3. The first-order chi connectivity index (χ1) is 10.9. The fourth-order valence-corrected chi connectivity index (χ4v) is 3.99. The summed E-state index contributed by atoms with van der Waals surface area (Å²) in [7, 11) is 0. The third-order valence-corrected chi connectivity index (χ3v) is 5.07. The van der Waals surface area contributed by atoms with Crippen molar-refractivity contribution >= 4 is 39.7 Å². The molecule has 120 valence electrons. The highest BCUT2D eigenvalue weighted by molar-refractivity contribution is 7.71. The van der Waals surface area contributed by atoms with Gasteiger partial charge in [-0.1, -0.05) is 6.92 Å². The lowest BCUT2D eigenvalue weighted by atomic mass is 10.1. The molecule has 0 aliphatic heterocycles. The molecule has 0 spiro atoms. The minimum Gasteiger partial charge on any atom is -0.469 e. The van der Waals surface area contributed by atoms with Crippen LogP contribution >= 0.6 is 23.6 Å². The molecule has 3 heterocycles. The van der Waals surface area contributed by atoms with E-state index in [0.717, 1.165) is 26.4 Å². The zero-order valence-electron chi connectivity index (χ0n) is 12.9. The molecule has 6 nitrogen and oxygen atoms in total. The Kier molecular flexibility index (Phi) is 3.95. The molecular weight excluding hydrogens is 334 g/mol. The van der Waals surface area contributed by atoms with Crippen LogP contribution in [0.25, 0.3) is 10.2 Å². The number of H-pyrrole nitrogens is 1. The van der Waals surface area contributed by atoms with Crippen molar-refractivity contribution in [2.75, 3.05) is 5.43 Å². The summed E-state index contributed by atoms with van der Waals surface area (Å²) in [6, 6.07) is 1.55. The molecule has 3 aromatic heterocycles. The number of amides is 1. The zero-order chi connectivity index (χ0) is 16.7. The first-order valence-electron chi connectivity index (χ1n) is 7.06. The van der Waals surface area contributed by atoms with Crippen LogP contribution in [-0.2, 0) is 6.42 Å². The first-order valence-corrected chi connectivity index (χ1v) is 8.29. The Labute approximate surface area is 140 Å². The van der Waals surface area contributed by atoms with Gasteiger partial charge in [-0.2, -0.15) is 4.68 Å². The molecular formula is C15H15N3O3S2. The maximum Gasteiger partial charge on any atom is 0.282 e. The van der Waals surface area contributed by atoms with Crippen molar-refractivity contribution in [3.05, 3.63) is 49.2 Å².